The molecule has 5 aromatic carbocycles. The van der Waals surface area contributed by atoms with Crippen LogP contribution in [-0.4, -0.2) is 0 Å². The minimum absolute atomic E-state index is 1.05. The van der Waals surface area contributed by atoms with Gasteiger partial charge in [0, 0.05) is 42.9 Å². The number of benzene rings is 5. The Morgan fingerprint density at radius 2 is 1.03 bits per heavy atom. The first-order valence-electron chi connectivity index (χ1n) is 11.0. The number of nitrogens with one attached hydrogen (secondary N) is 2. The van der Waals surface area contributed by atoms with Crippen LogP contribution in [0.3, 0.4) is 0 Å². The van der Waals surface area contributed by atoms with E-state index in [1.165, 1.54) is 31.3 Å². The SMILES string of the molecule is c1ccc(Nc2cc(Nc3ccc4sc5ccccc5c4c3)cc(-c3ccccc3)c2)cc1. The highest BCUT2D eigenvalue weighted by molar-refractivity contribution is 7.25. The number of hydrogen-bond donors (Lipinski definition) is 2. The predicted molar refractivity (Wildman–Crippen MR) is 144 cm³/mol. The summed E-state index contributed by atoms with van der Waals surface area (Å²) in [5, 5.41) is 9.81. The van der Waals surface area contributed by atoms with E-state index >= 15 is 0 Å². The van der Waals surface area contributed by atoms with Crippen LogP contribution in [0.25, 0.3) is 31.3 Å². The first-order valence-corrected chi connectivity index (χ1v) is 11.8. The predicted octanol–water partition coefficient (Wildman–Crippen LogP) is 9.21. The van der Waals surface area contributed by atoms with Gasteiger partial charge in [-0.1, -0.05) is 66.7 Å². The van der Waals surface area contributed by atoms with Gasteiger partial charge in [-0.15, -0.1) is 11.3 Å². The lowest BCUT2D eigenvalue weighted by Gasteiger charge is -2.14. The van der Waals surface area contributed by atoms with Gasteiger partial charge in [-0.05, 0) is 65.7 Å². The molecule has 0 spiro atoms. The summed E-state index contributed by atoms with van der Waals surface area (Å²) in [6.07, 6.45) is 0. The van der Waals surface area contributed by atoms with Gasteiger partial charge in [0.25, 0.3) is 0 Å². The smallest absolute Gasteiger partial charge is 0.0411 e. The van der Waals surface area contributed by atoms with Gasteiger partial charge in [0.15, 0.2) is 0 Å². The molecule has 158 valence electrons. The van der Waals surface area contributed by atoms with Crippen molar-refractivity contribution >= 4 is 54.3 Å². The Morgan fingerprint density at radius 3 is 1.82 bits per heavy atom. The average molecular weight is 443 g/mol. The van der Waals surface area contributed by atoms with Gasteiger partial charge < -0.3 is 10.6 Å². The Balaban J connectivity index is 1.40. The molecule has 3 heteroatoms. The number of anilines is 4. The highest BCUT2D eigenvalue weighted by atomic mass is 32.1. The van der Waals surface area contributed by atoms with Crippen molar-refractivity contribution in [3.05, 3.63) is 121 Å². The normalized spacial score (nSPS) is 11.0. The number of para-hydroxylation sites is 1. The molecule has 0 unspecified atom stereocenters. The minimum atomic E-state index is 1.05. The number of thiophene rings is 1. The highest BCUT2D eigenvalue weighted by Crippen LogP contribution is 2.36. The third-order valence-corrected chi connectivity index (χ3v) is 6.92. The maximum Gasteiger partial charge on any atom is 0.0411 e. The molecule has 1 heterocycles. The van der Waals surface area contributed by atoms with Crippen molar-refractivity contribution in [2.75, 3.05) is 10.6 Å². The first-order chi connectivity index (χ1) is 16.3. The molecule has 0 atom stereocenters. The Hall–Kier alpha value is -4.08. The molecule has 0 saturated carbocycles. The minimum Gasteiger partial charge on any atom is -0.355 e. The molecule has 6 aromatic rings. The van der Waals surface area contributed by atoms with E-state index in [0.717, 1.165) is 22.7 Å². The van der Waals surface area contributed by atoms with Gasteiger partial charge in [-0.3, -0.25) is 0 Å². The van der Waals surface area contributed by atoms with Gasteiger partial charge in [-0.2, -0.15) is 0 Å². The van der Waals surface area contributed by atoms with Gasteiger partial charge in [0.2, 0.25) is 0 Å². The lowest BCUT2D eigenvalue weighted by molar-refractivity contribution is 1.51. The largest absolute Gasteiger partial charge is 0.355 e. The second-order valence-corrected chi connectivity index (χ2v) is 9.17. The highest BCUT2D eigenvalue weighted by Gasteiger charge is 2.08. The fourth-order valence-electron chi connectivity index (χ4n) is 4.23. The molecule has 33 heavy (non-hydrogen) atoms. The summed E-state index contributed by atoms with van der Waals surface area (Å²) in [6, 6.07) is 42.6. The van der Waals surface area contributed by atoms with Crippen LogP contribution in [0.15, 0.2) is 121 Å². The van der Waals surface area contributed by atoms with E-state index < -0.39 is 0 Å². The van der Waals surface area contributed by atoms with E-state index in [4.69, 9.17) is 0 Å². The molecule has 0 aliphatic rings. The molecule has 2 N–H and O–H groups in total. The average Bonchev–Trinajstić information content (AvgIpc) is 3.23. The number of hydrogen-bond acceptors (Lipinski definition) is 3. The van der Waals surface area contributed by atoms with Crippen molar-refractivity contribution in [3.63, 3.8) is 0 Å². The summed E-state index contributed by atoms with van der Waals surface area (Å²) < 4.78 is 2.64. The van der Waals surface area contributed by atoms with Crippen LogP contribution >= 0.6 is 11.3 Å². The molecule has 0 fully saturated rings. The molecule has 0 saturated heterocycles. The molecule has 0 bridgehead atoms. The van der Waals surface area contributed by atoms with Gasteiger partial charge in [-0.25, -0.2) is 0 Å². The van der Waals surface area contributed by atoms with Crippen molar-refractivity contribution < 1.29 is 0 Å². The van der Waals surface area contributed by atoms with Crippen molar-refractivity contribution in [1.82, 2.24) is 0 Å². The van der Waals surface area contributed by atoms with E-state index in [0.29, 0.717) is 0 Å². The van der Waals surface area contributed by atoms with Gasteiger partial charge in [0.05, 0.1) is 0 Å². The molecule has 0 radical (unpaired) electrons. The molecule has 0 aliphatic heterocycles. The maximum absolute atomic E-state index is 3.65. The zero-order chi connectivity index (χ0) is 22.0. The standard InChI is InChI=1S/C30H22N2S/c1-3-9-21(10-4-1)22-17-25(31-23-11-5-2-6-12-23)19-26(18-22)32-24-15-16-30-28(20-24)27-13-7-8-14-29(27)33-30/h1-20,31-32H. The van der Waals surface area contributed by atoms with E-state index in [2.05, 4.69) is 114 Å². The van der Waals surface area contributed by atoms with Crippen LogP contribution in [0.5, 0.6) is 0 Å². The quantitative estimate of drug-likeness (QED) is 0.278. The molecule has 6 rings (SSSR count). The van der Waals surface area contributed by atoms with Gasteiger partial charge in [0.1, 0.15) is 0 Å². The lowest BCUT2D eigenvalue weighted by atomic mass is 10.0. The summed E-state index contributed by atoms with van der Waals surface area (Å²) in [7, 11) is 0. The van der Waals surface area contributed by atoms with E-state index in [-0.39, 0.29) is 0 Å². The fourth-order valence-corrected chi connectivity index (χ4v) is 5.31. The van der Waals surface area contributed by atoms with Crippen LogP contribution in [0, 0.1) is 0 Å². The second-order valence-electron chi connectivity index (χ2n) is 8.09. The third-order valence-electron chi connectivity index (χ3n) is 5.77. The van der Waals surface area contributed by atoms with Crippen molar-refractivity contribution in [1.29, 1.82) is 0 Å². The third kappa shape index (κ3) is 4.07. The first kappa shape index (κ1) is 19.6. The van der Waals surface area contributed by atoms with Crippen LogP contribution in [0.1, 0.15) is 0 Å². The molecule has 0 amide bonds. The van der Waals surface area contributed by atoms with Crippen LogP contribution in [0.4, 0.5) is 22.7 Å². The molecular weight excluding hydrogens is 420 g/mol. The summed E-state index contributed by atoms with van der Waals surface area (Å²) in [5.41, 5.74) is 6.61. The summed E-state index contributed by atoms with van der Waals surface area (Å²) in [4.78, 5) is 0. The Morgan fingerprint density at radius 1 is 0.394 bits per heavy atom. The topological polar surface area (TPSA) is 24.1 Å². The van der Waals surface area contributed by atoms with E-state index in [1.54, 1.807) is 0 Å². The summed E-state index contributed by atoms with van der Waals surface area (Å²) >= 11 is 1.84. The van der Waals surface area contributed by atoms with E-state index in [9.17, 15) is 0 Å². The van der Waals surface area contributed by atoms with Gasteiger partial charge >= 0.3 is 0 Å². The Labute approximate surface area is 197 Å². The van der Waals surface area contributed by atoms with Crippen LogP contribution < -0.4 is 10.6 Å². The summed E-state index contributed by atoms with van der Waals surface area (Å²) in [6.45, 7) is 0. The summed E-state index contributed by atoms with van der Waals surface area (Å²) in [5.74, 6) is 0. The number of rotatable bonds is 5. The molecular formula is C30H22N2S. The maximum atomic E-state index is 3.65. The lowest BCUT2D eigenvalue weighted by Crippen LogP contribution is -1.95. The fraction of sp³-hybridized carbons (Fsp3) is 0. The second kappa shape index (κ2) is 8.45. The van der Waals surface area contributed by atoms with Crippen LogP contribution in [-0.2, 0) is 0 Å². The molecule has 0 aliphatic carbocycles. The molecule has 1 aromatic heterocycles. The monoisotopic (exact) mass is 442 g/mol. The zero-order valence-corrected chi connectivity index (χ0v) is 18.8. The number of fused-ring (bicyclic) bond motifs is 3. The van der Waals surface area contributed by atoms with Crippen molar-refractivity contribution in [2.45, 2.75) is 0 Å². The van der Waals surface area contributed by atoms with Crippen LogP contribution in [0.2, 0.25) is 0 Å². The van der Waals surface area contributed by atoms with Crippen molar-refractivity contribution in [3.8, 4) is 11.1 Å². The Bertz CT molecular complexity index is 1550. The van der Waals surface area contributed by atoms with E-state index in [1.807, 2.05) is 29.5 Å². The Kier molecular flexibility index (Phi) is 5.02. The van der Waals surface area contributed by atoms with Crippen molar-refractivity contribution in [2.24, 2.45) is 0 Å². The molecule has 2 nitrogen and oxygen atoms in total. The zero-order valence-electron chi connectivity index (χ0n) is 18.0.